The van der Waals surface area contributed by atoms with Crippen molar-refractivity contribution in [3.63, 3.8) is 0 Å². The SMILES string of the molecule is O=C(NC1CCC(NC(=O)C2CC(O)CN2)C1)c1ccc(Nc2nccn3c(-c4cn[nH]c4C(F)(F)F)cnc23)cc1Cl. The molecule has 1 aromatic carbocycles. The number of aromatic nitrogens is 5. The molecule has 4 aromatic rings. The van der Waals surface area contributed by atoms with Gasteiger partial charge in [-0.25, -0.2) is 9.97 Å². The first-order valence-electron chi connectivity index (χ1n) is 13.6. The summed E-state index contributed by atoms with van der Waals surface area (Å²) in [5.41, 5.74) is 0.0540. The number of aliphatic hydroxyl groups excluding tert-OH is 1. The zero-order valence-corrected chi connectivity index (χ0v) is 23.2. The lowest BCUT2D eigenvalue weighted by Crippen LogP contribution is -2.45. The molecule has 1 saturated carbocycles. The average Bonchev–Trinajstić information content (AvgIpc) is 3.75. The van der Waals surface area contributed by atoms with Gasteiger partial charge in [0.15, 0.2) is 11.5 Å². The predicted molar refractivity (Wildman–Crippen MR) is 150 cm³/mol. The van der Waals surface area contributed by atoms with E-state index in [4.69, 9.17) is 11.6 Å². The molecule has 6 rings (SSSR count). The maximum atomic E-state index is 13.4. The van der Waals surface area contributed by atoms with E-state index in [0.717, 1.165) is 6.20 Å². The number of carbonyl (C=O) groups excluding carboxylic acids is 2. The molecule has 1 aliphatic carbocycles. The van der Waals surface area contributed by atoms with E-state index in [1.807, 2.05) is 5.10 Å². The minimum absolute atomic E-state index is 0.0775. The summed E-state index contributed by atoms with van der Waals surface area (Å²) in [5, 5.41) is 27.4. The zero-order chi connectivity index (χ0) is 30.3. The monoisotopic (exact) mass is 617 g/mol. The molecule has 4 atom stereocenters. The summed E-state index contributed by atoms with van der Waals surface area (Å²) in [5.74, 6) is -0.239. The van der Waals surface area contributed by atoms with Crippen molar-refractivity contribution < 1.29 is 27.9 Å². The lowest BCUT2D eigenvalue weighted by Gasteiger charge is -2.17. The molecule has 16 heteroatoms. The first-order valence-corrected chi connectivity index (χ1v) is 14.0. The standard InChI is InChI=1S/C27H27ClF3N9O3/c28-19-8-15(36-23-24-34-12-21(40(24)6-5-32-23)18-11-35-39-22(18)27(29,30)31)3-4-17(19)25(42)37-13-1-2-14(7-13)38-26(43)20-9-16(41)10-33-20/h3-6,8,11-14,16,20,33,41H,1-2,7,9-10H2,(H,32,36)(H,35,39)(H,37,42)(H,38,43). The van der Waals surface area contributed by atoms with Crippen LogP contribution in [0.25, 0.3) is 16.9 Å². The molecule has 0 radical (unpaired) electrons. The van der Waals surface area contributed by atoms with Crippen molar-refractivity contribution >= 4 is 40.6 Å². The third kappa shape index (κ3) is 6.00. The number of imidazole rings is 1. The summed E-state index contributed by atoms with van der Waals surface area (Å²) >= 11 is 6.46. The molecule has 226 valence electrons. The molecule has 43 heavy (non-hydrogen) atoms. The number of aliphatic hydroxyl groups is 1. The van der Waals surface area contributed by atoms with Crippen molar-refractivity contribution in [2.75, 3.05) is 11.9 Å². The number of H-pyrrole nitrogens is 1. The van der Waals surface area contributed by atoms with E-state index in [1.165, 1.54) is 23.0 Å². The molecule has 12 nitrogen and oxygen atoms in total. The van der Waals surface area contributed by atoms with Gasteiger partial charge in [0.05, 0.1) is 46.4 Å². The van der Waals surface area contributed by atoms with Crippen LogP contribution >= 0.6 is 11.6 Å². The number of amides is 2. The van der Waals surface area contributed by atoms with E-state index < -0.39 is 24.0 Å². The molecule has 1 saturated heterocycles. The Morgan fingerprint density at radius 2 is 1.88 bits per heavy atom. The minimum atomic E-state index is -4.62. The van der Waals surface area contributed by atoms with E-state index in [9.17, 15) is 27.9 Å². The van der Waals surface area contributed by atoms with Crippen molar-refractivity contribution in [2.45, 2.75) is 56.1 Å². The molecule has 2 aliphatic rings. The molecule has 2 amide bonds. The van der Waals surface area contributed by atoms with Crippen LogP contribution in [0.2, 0.25) is 5.02 Å². The number of carbonyl (C=O) groups is 2. The largest absolute Gasteiger partial charge is 0.433 e. The lowest BCUT2D eigenvalue weighted by molar-refractivity contribution is -0.140. The highest BCUT2D eigenvalue weighted by molar-refractivity contribution is 6.34. The molecular weight excluding hydrogens is 591 g/mol. The van der Waals surface area contributed by atoms with Gasteiger partial charge in [-0.1, -0.05) is 11.6 Å². The van der Waals surface area contributed by atoms with E-state index >= 15 is 0 Å². The summed E-state index contributed by atoms with van der Waals surface area (Å²) in [6, 6.07) is 4.11. The quantitative estimate of drug-likeness (QED) is 0.184. The highest BCUT2D eigenvalue weighted by atomic mass is 35.5. The van der Waals surface area contributed by atoms with Crippen LogP contribution in [0, 0.1) is 0 Å². The molecule has 4 unspecified atom stereocenters. The second-order valence-electron chi connectivity index (χ2n) is 10.6. The number of halogens is 4. The van der Waals surface area contributed by atoms with Gasteiger partial charge in [-0.2, -0.15) is 18.3 Å². The molecule has 3 aromatic heterocycles. The van der Waals surface area contributed by atoms with Gasteiger partial charge in [0, 0.05) is 36.7 Å². The third-order valence-electron chi connectivity index (χ3n) is 7.64. The Hall–Kier alpha value is -4.21. The van der Waals surface area contributed by atoms with Crippen molar-refractivity contribution in [3.8, 4) is 11.3 Å². The zero-order valence-electron chi connectivity index (χ0n) is 22.5. The Morgan fingerprint density at radius 3 is 2.60 bits per heavy atom. The maximum absolute atomic E-state index is 13.4. The summed E-state index contributed by atoms with van der Waals surface area (Å²) < 4.78 is 41.7. The van der Waals surface area contributed by atoms with E-state index in [1.54, 1.807) is 18.2 Å². The van der Waals surface area contributed by atoms with E-state index in [-0.39, 0.29) is 57.2 Å². The molecule has 0 spiro atoms. The van der Waals surface area contributed by atoms with Crippen molar-refractivity contribution in [2.24, 2.45) is 0 Å². The number of β-amino-alcohol motifs (C(OH)–C–C–N with tert-alkyl or cyclic N) is 1. The fourth-order valence-corrected chi connectivity index (χ4v) is 5.81. The number of hydrogen-bond acceptors (Lipinski definition) is 8. The average molecular weight is 618 g/mol. The molecular formula is C27H27ClF3N9O3. The van der Waals surface area contributed by atoms with Gasteiger partial charge in [0.2, 0.25) is 5.91 Å². The topological polar surface area (TPSA) is 161 Å². The van der Waals surface area contributed by atoms with Crippen molar-refractivity contribution in [3.05, 3.63) is 59.3 Å². The normalized spacial score (nSPS) is 22.2. The van der Waals surface area contributed by atoms with Crippen LogP contribution in [-0.4, -0.2) is 72.3 Å². The fraction of sp³-hybridized carbons (Fsp3) is 0.370. The van der Waals surface area contributed by atoms with Crippen LogP contribution in [0.4, 0.5) is 24.7 Å². The Kier molecular flexibility index (Phi) is 7.70. The van der Waals surface area contributed by atoms with Crippen LogP contribution in [0.5, 0.6) is 0 Å². The van der Waals surface area contributed by atoms with Crippen LogP contribution in [-0.2, 0) is 11.0 Å². The number of hydrogen-bond donors (Lipinski definition) is 6. The van der Waals surface area contributed by atoms with Gasteiger partial charge < -0.3 is 26.4 Å². The smallest absolute Gasteiger partial charge is 0.392 e. The molecule has 1 aliphatic heterocycles. The van der Waals surface area contributed by atoms with Gasteiger partial charge in [-0.15, -0.1) is 0 Å². The summed E-state index contributed by atoms with van der Waals surface area (Å²) in [7, 11) is 0. The summed E-state index contributed by atoms with van der Waals surface area (Å²) in [4.78, 5) is 34.0. The summed E-state index contributed by atoms with van der Waals surface area (Å²) in [6.07, 6.45) is 2.52. The van der Waals surface area contributed by atoms with Crippen LogP contribution in [0.1, 0.15) is 41.7 Å². The Morgan fingerprint density at radius 1 is 1.09 bits per heavy atom. The number of anilines is 2. The molecule has 0 bridgehead atoms. The van der Waals surface area contributed by atoms with E-state index in [0.29, 0.717) is 37.9 Å². The van der Waals surface area contributed by atoms with Gasteiger partial charge >= 0.3 is 6.18 Å². The van der Waals surface area contributed by atoms with Crippen molar-refractivity contribution in [1.29, 1.82) is 0 Å². The first-order chi connectivity index (χ1) is 20.6. The Balaban J connectivity index is 1.10. The first kappa shape index (κ1) is 28.9. The number of nitrogens with one attached hydrogen (secondary N) is 5. The predicted octanol–water partition coefficient (Wildman–Crippen LogP) is 3.03. The number of alkyl halides is 3. The van der Waals surface area contributed by atoms with E-state index in [2.05, 4.69) is 36.3 Å². The second-order valence-corrected chi connectivity index (χ2v) is 11.0. The van der Waals surface area contributed by atoms with Crippen LogP contribution in [0.3, 0.4) is 0 Å². The molecule has 4 heterocycles. The van der Waals surface area contributed by atoms with Gasteiger partial charge in [-0.05, 0) is 43.9 Å². The molecule has 2 fully saturated rings. The fourth-order valence-electron chi connectivity index (χ4n) is 5.54. The Labute approximate surface area is 247 Å². The van der Waals surface area contributed by atoms with Crippen LogP contribution < -0.4 is 21.3 Å². The second kappa shape index (κ2) is 11.5. The molecule has 6 N–H and O–H groups in total. The third-order valence-corrected chi connectivity index (χ3v) is 7.95. The highest BCUT2D eigenvalue weighted by Gasteiger charge is 2.37. The minimum Gasteiger partial charge on any atom is -0.392 e. The van der Waals surface area contributed by atoms with Gasteiger partial charge in [0.1, 0.15) is 5.69 Å². The number of rotatable bonds is 7. The number of aromatic amines is 1. The van der Waals surface area contributed by atoms with Crippen molar-refractivity contribution in [1.82, 2.24) is 40.5 Å². The highest BCUT2D eigenvalue weighted by Crippen LogP contribution is 2.36. The maximum Gasteiger partial charge on any atom is 0.433 e. The van der Waals surface area contributed by atoms with Gasteiger partial charge in [-0.3, -0.25) is 19.1 Å². The number of fused-ring (bicyclic) bond motifs is 1. The number of benzene rings is 1. The van der Waals surface area contributed by atoms with Gasteiger partial charge in [0.25, 0.3) is 5.91 Å². The Bertz CT molecular complexity index is 1670. The summed E-state index contributed by atoms with van der Waals surface area (Å²) in [6.45, 7) is 0.394. The lowest BCUT2D eigenvalue weighted by atomic mass is 10.1. The van der Waals surface area contributed by atoms with Crippen LogP contribution in [0.15, 0.2) is 43.0 Å². The number of nitrogens with zero attached hydrogens (tertiary/aromatic N) is 4.